The molecule has 4 rings (SSSR count). The van der Waals surface area contributed by atoms with Crippen LogP contribution >= 0.6 is 11.3 Å². The quantitative estimate of drug-likeness (QED) is 0.819. The van der Waals surface area contributed by atoms with Crippen molar-refractivity contribution in [3.8, 4) is 0 Å². The summed E-state index contributed by atoms with van der Waals surface area (Å²) in [5.41, 5.74) is -1.30. The molecule has 1 atom stereocenters. The highest BCUT2D eigenvalue weighted by Gasteiger charge is 2.58. The number of urea groups is 1. The predicted molar refractivity (Wildman–Crippen MR) is 87.9 cm³/mol. The Labute approximate surface area is 141 Å². The first kappa shape index (κ1) is 14.6. The maximum atomic E-state index is 12.7. The Kier molecular flexibility index (Phi) is 3.07. The maximum absolute atomic E-state index is 12.7. The number of fused-ring (bicyclic) bond motifs is 1. The number of hydrogen-bond donors (Lipinski definition) is 0. The highest BCUT2D eigenvalue weighted by atomic mass is 32.1. The van der Waals surface area contributed by atoms with Crippen molar-refractivity contribution in [2.45, 2.75) is 5.66 Å². The van der Waals surface area contributed by atoms with Crippen LogP contribution in [0.5, 0.6) is 0 Å². The number of hydrogen-bond acceptors (Lipinski definition) is 7. The minimum atomic E-state index is -1.43. The van der Waals surface area contributed by atoms with E-state index in [9.17, 15) is 9.59 Å². The first-order valence-electron chi connectivity index (χ1n) is 7.12. The van der Waals surface area contributed by atoms with E-state index in [2.05, 4.69) is 20.0 Å². The smallest absolute Gasteiger partial charge is 0.290 e. The number of nitrogens with zero attached hydrogens (tertiary/aromatic N) is 6. The van der Waals surface area contributed by atoms with Crippen molar-refractivity contribution in [3.05, 3.63) is 46.7 Å². The molecule has 120 valence electrons. The molecular weight excluding hydrogens is 328 g/mol. The summed E-state index contributed by atoms with van der Waals surface area (Å²) in [6.07, 6.45) is 3.10. The van der Waals surface area contributed by atoms with Crippen LogP contribution in [0, 0.1) is 0 Å². The first-order valence-corrected chi connectivity index (χ1v) is 8.00. The Bertz CT molecular complexity index is 892. The average Bonchev–Trinajstić information content (AvgIpc) is 3.27. The van der Waals surface area contributed by atoms with Gasteiger partial charge in [0.15, 0.2) is 17.4 Å². The topological polar surface area (TPSA) is 91.1 Å². The summed E-state index contributed by atoms with van der Waals surface area (Å²) in [5.74, 6) is 0.143. The fourth-order valence-corrected chi connectivity index (χ4v) is 3.41. The minimum Gasteiger partial charge on any atom is -0.290 e. The third-order valence-corrected chi connectivity index (χ3v) is 4.87. The van der Waals surface area contributed by atoms with E-state index >= 15 is 0 Å². The molecule has 0 radical (unpaired) electrons. The lowest BCUT2D eigenvalue weighted by Crippen LogP contribution is -2.64. The molecule has 2 aliphatic heterocycles. The lowest BCUT2D eigenvalue weighted by atomic mass is 9.98. The molecule has 1 fully saturated rings. The normalized spacial score (nSPS) is 23.2. The van der Waals surface area contributed by atoms with Gasteiger partial charge in [-0.3, -0.25) is 14.6 Å². The lowest BCUT2D eigenvalue weighted by molar-refractivity contribution is -0.123. The monoisotopic (exact) mass is 340 g/mol. The fourth-order valence-electron chi connectivity index (χ4n) is 2.76. The van der Waals surface area contributed by atoms with Crippen molar-refractivity contribution in [2.75, 3.05) is 14.1 Å². The van der Waals surface area contributed by atoms with Crippen LogP contribution < -0.4 is 0 Å². The molecule has 4 heterocycles. The van der Waals surface area contributed by atoms with Crippen molar-refractivity contribution < 1.29 is 9.59 Å². The molecule has 8 nitrogen and oxygen atoms in total. The number of rotatable bonds is 2. The Morgan fingerprint density at radius 2 is 1.88 bits per heavy atom. The number of imide groups is 1. The molecule has 9 heteroatoms. The van der Waals surface area contributed by atoms with E-state index < -0.39 is 17.6 Å². The summed E-state index contributed by atoms with van der Waals surface area (Å²) in [6, 6.07) is 4.91. The van der Waals surface area contributed by atoms with Gasteiger partial charge in [0.05, 0.1) is 4.88 Å². The summed E-state index contributed by atoms with van der Waals surface area (Å²) in [5, 5.41) is 1.90. The van der Waals surface area contributed by atoms with Crippen LogP contribution in [0.1, 0.15) is 10.7 Å². The van der Waals surface area contributed by atoms with Gasteiger partial charge in [-0.1, -0.05) is 6.07 Å². The lowest BCUT2D eigenvalue weighted by Gasteiger charge is -2.41. The molecule has 0 aliphatic carbocycles. The number of carbonyl (C=O) groups is 2. The Balaban J connectivity index is 1.99. The Morgan fingerprint density at radius 3 is 2.54 bits per heavy atom. The number of aromatic nitrogens is 2. The zero-order chi connectivity index (χ0) is 16.9. The zero-order valence-corrected chi connectivity index (χ0v) is 13.7. The van der Waals surface area contributed by atoms with Gasteiger partial charge in [0.25, 0.3) is 5.91 Å². The van der Waals surface area contributed by atoms with Gasteiger partial charge in [0.1, 0.15) is 0 Å². The summed E-state index contributed by atoms with van der Waals surface area (Å²) < 4.78 is 0. The molecule has 0 saturated carbocycles. The second kappa shape index (κ2) is 5.03. The van der Waals surface area contributed by atoms with E-state index in [4.69, 9.17) is 0 Å². The molecule has 1 unspecified atom stereocenters. The third-order valence-electron chi connectivity index (χ3n) is 4.00. The highest BCUT2D eigenvalue weighted by Crippen LogP contribution is 2.38. The van der Waals surface area contributed by atoms with E-state index in [1.54, 1.807) is 25.5 Å². The molecular formula is C15H12N6O2S. The van der Waals surface area contributed by atoms with Crippen molar-refractivity contribution in [1.29, 1.82) is 0 Å². The minimum absolute atomic E-state index is 0.127. The van der Waals surface area contributed by atoms with Crippen LogP contribution in [-0.2, 0) is 10.5 Å². The molecule has 0 spiro atoms. The van der Waals surface area contributed by atoms with Crippen LogP contribution in [0.15, 0.2) is 46.0 Å². The molecule has 0 N–H and O–H groups in total. The summed E-state index contributed by atoms with van der Waals surface area (Å²) in [4.78, 5) is 45.9. The first-order chi connectivity index (χ1) is 11.6. The van der Waals surface area contributed by atoms with E-state index in [0.29, 0.717) is 5.84 Å². The van der Waals surface area contributed by atoms with Gasteiger partial charge in [-0.2, -0.15) is 0 Å². The van der Waals surface area contributed by atoms with Gasteiger partial charge in [-0.25, -0.2) is 24.7 Å². The van der Waals surface area contributed by atoms with Crippen LogP contribution in [-0.4, -0.2) is 57.3 Å². The number of thiophene rings is 1. The average molecular weight is 340 g/mol. The largest absolute Gasteiger partial charge is 0.329 e. The summed E-state index contributed by atoms with van der Waals surface area (Å²) in [7, 11) is 2.99. The maximum Gasteiger partial charge on any atom is 0.329 e. The zero-order valence-electron chi connectivity index (χ0n) is 12.9. The van der Waals surface area contributed by atoms with Crippen molar-refractivity contribution in [2.24, 2.45) is 9.98 Å². The van der Waals surface area contributed by atoms with Gasteiger partial charge in [-0.05, 0) is 17.5 Å². The molecule has 0 aromatic carbocycles. The predicted octanol–water partition coefficient (Wildman–Crippen LogP) is 1.12. The standard InChI is InChI=1S/C15H12N6O2S/c1-20-12(22)10-15(21(2)14(20)23,13-16-6-4-7-17-13)19-11(18-10)9-5-3-8-24-9/h3-8H,1-2H3. The van der Waals surface area contributed by atoms with E-state index in [1.165, 1.54) is 23.3 Å². The van der Waals surface area contributed by atoms with Gasteiger partial charge in [-0.15, -0.1) is 11.3 Å². The molecule has 2 aliphatic rings. The number of carbonyl (C=O) groups excluding carboxylic acids is 2. The summed E-state index contributed by atoms with van der Waals surface area (Å²) >= 11 is 1.46. The fraction of sp³-hybridized carbons (Fsp3) is 0.200. The van der Waals surface area contributed by atoms with Crippen molar-refractivity contribution in [3.63, 3.8) is 0 Å². The van der Waals surface area contributed by atoms with E-state index in [0.717, 1.165) is 9.78 Å². The van der Waals surface area contributed by atoms with Crippen LogP contribution in [0.2, 0.25) is 0 Å². The van der Waals surface area contributed by atoms with Crippen LogP contribution in [0.4, 0.5) is 4.79 Å². The Morgan fingerprint density at radius 1 is 1.12 bits per heavy atom. The summed E-state index contributed by atoms with van der Waals surface area (Å²) in [6.45, 7) is 0. The molecule has 2 aromatic rings. The van der Waals surface area contributed by atoms with Crippen LogP contribution in [0.3, 0.4) is 0 Å². The highest BCUT2D eigenvalue weighted by molar-refractivity contribution is 7.12. The SMILES string of the molecule is CN1C(=O)C2=NC(c3cccs3)=NC2(c2ncccn2)N(C)C1=O. The van der Waals surface area contributed by atoms with Gasteiger partial charge in [0, 0.05) is 26.5 Å². The van der Waals surface area contributed by atoms with Crippen LogP contribution in [0.25, 0.3) is 0 Å². The second-order valence-electron chi connectivity index (χ2n) is 5.32. The third kappa shape index (κ3) is 1.78. The van der Waals surface area contributed by atoms with Gasteiger partial charge in [0.2, 0.25) is 5.66 Å². The van der Waals surface area contributed by atoms with Gasteiger partial charge < -0.3 is 0 Å². The number of amidine groups is 1. The molecule has 24 heavy (non-hydrogen) atoms. The molecule has 1 saturated heterocycles. The van der Waals surface area contributed by atoms with E-state index in [1.807, 2.05) is 17.5 Å². The van der Waals surface area contributed by atoms with E-state index in [-0.39, 0.29) is 11.5 Å². The second-order valence-corrected chi connectivity index (χ2v) is 6.27. The molecule has 0 bridgehead atoms. The van der Waals surface area contributed by atoms with Crippen molar-refractivity contribution >= 4 is 34.8 Å². The van der Waals surface area contributed by atoms with Gasteiger partial charge >= 0.3 is 6.03 Å². The molecule has 3 amide bonds. The van der Waals surface area contributed by atoms with Crippen molar-refractivity contribution in [1.82, 2.24) is 19.8 Å². The number of amides is 3. The molecule has 2 aromatic heterocycles. The Hall–Kier alpha value is -2.94. The number of aliphatic imine (C=N–C) groups is 2.